The summed E-state index contributed by atoms with van der Waals surface area (Å²) in [6.07, 6.45) is 0. The van der Waals surface area contributed by atoms with Crippen molar-refractivity contribution in [3.63, 3.8) is 0 Å². The van der Waals surface area contributed by atoms with Crippen molar-refractivity contribution in [2.45, 2.75) is 31.7 Å². The SMILES string of the molecule is CCN(CC)C(=O)c1csc(CSc2nnc(C)n2-c2cccc(Cl)c2)n1. The molecule has 0 aliphatic carbocycles. The topological polar surface area (TPSA) is 63.9 Å². The van der Waals surface area contributed by atoms with Crippen molar-refractivity contribution in [2.75, 3.05) is 13.1 Å². The molecule has 1 amide bonds. The minimum absolute atomic E-state index is 0.0227. The lowest BCUT2D eigenvalue weighted by atomic mass is 10.3. The Morgan fingerprint density at radius 2 is 2.07 bits per heavy atom. The lowest BCUT2D eigenvalue weighted by Crippen LogP contribution is -2.30. The summed E-state index contributed by atoms with van der Waals surface area (Å²) < 4.78 is 1.96. The Balaban J connectivity index is 1.74. The van der Waals surface area contributed by atoms with Gasteiger partial charge in [0.2, 0.25) is 0 Å². The van der Waals surface area contributed by atoms with Crippen LogP contribution in [0.3, 0.4) is 0 Å². The highest BCUT2D eigenvalue weighted by molar-refractivity contribution is 7.98. The van der Waals surface area contributed by atoms with E-state index >= 15 is 0 Å². The normalized spacial score (nSPS) is 11.0. The van der Waals surface area contributed by atoms with Crippen molar-refractivity contribution in [3.8, 4) is 5.69 Å². The van der Waals surface area contributed by atoms with Crippen molar-refractivity contribution in [1.82, 2.24) is 24.6 Å². The minimum Gasteiger partial charge on any atom is -0.338 e. The molecular weight excluding hydrogens is 402 g/mol. The van der Waals surface area contributed by atoms with Gasteiger partial charge in [-0.05, 0) is 39.0 Å². The molecule has 0 atom stereocenters. The van der Waals surface area contributed by atoms with E-state index in [4.69, 9.17) is 11.6 Å². The third-order valence-corrected chi connectivity index (χ3v) is 6.21. The first-order valence-electron chi connectivity index (χ1n) is 8.57. The van der Waals surface area contributed by atoms with E-state index < -0.39 is 0 Å². The number of aryl methyl sites for hydroxylation is 1. The Bertz CT molecular complexity index is 935. The van der Waals surface area contributed by atoms with Crippen molar-refractivity contribution in [1.29, 1.82) is 0 Å². The van der Waals surface area contributed by atoms with E-state index in [2.05, 4.69) is 15.2 Å². The van der Waals surface area contributed by atoms with Gasteiger partial charge in [0.15, 0.2) is 5.16 Å². The fraction of sp³-hybridized carbons (Fsp3) is 0.333. The minimum atomic E-state index is -0.0227. The average molecular weight is 422 g/mol. The summed E-state index contributed by atoms with van der Waals surface area (Å²) >= 11 is 9.14. The number of rotatable bonds is 7. The number of nitrogens with zero attached hydrogens (tertiary/aromatic N) is 5. The summed E-state index contributed by atoms with van der Waals surface area (Å²) in [4.78, 5) is 18.7. The summed E-state index contributed by atoms with van der Waals surface area (Å²) in [5.74, 6) is 1.39. The van der Waals surface area contributed by atoms with Gasteiger partial charge in [0.05, 0.1) is 11.4 Å². The number of halogens is 1. The lowest BCUT2D eigenvalue weighted by molar-refractivity contribution is 0.0768. The highest BCUT2D eigenvalue weighted by atomic mass is 35.5. The molecule has 0 saturated carbocycles. The number of hydrogen-bond donors (Lipinski definition) is 0. The van der Waals surface area contributed by atoms with Crippen LogP contribution in [-0.4, -0.2) is 43.6 Å². The molecule has 0 N–H and O–H groups in total. The quantitative estimate of drug-likeness (QED) is 0.527. The Hall–Kier alpha value is -1.90. The van der Waals surface area contributed by atoms with Gasteiger partial charge in [-0.2, -0.15) is 0 Å². The molecule has 3 rings (SSSR count). The first-order chi connectivity index (χ1) is 13.0. The maximum absolute atomic E-state index is 12.4. The van der Waals surface area contributed by atoms with Gasteiger partial charge in [-0.25, -0.2) is 4.98 Å². The first kappa shape index (κ1) is 19.9. The molecule has 9 heteroatoms. The predicted octanol–water partition coefficient (Wildman–Crippen LogP) is 4.46. The van der Waals surface area contributed by atoms with Gasteiger partial charge in [-0.1, -0.05) is 29.4 Å². The van der Waals surface area contributed by atoms with E-state index in [-0.39, 0.29) is 5.91 Å². The smallest absolute Gasteiger partial charge is 0.273 e. The van der Waals surface area contributed by atoms with Gasteiger partial charge in [0, 0.05) is 23.5 Å². The predicted molar refractivity (Wildman–Crippen MR) is 110 cm³/mol. The van der Waals surface area contributed by atoms with Crippen LogP contribution in [0.15, 0.2) is 34.8 Å². The van der Waals surface area contributed by atoms with Gasteiger partial charge in [0.25, 0.3) is 5.91 Å². The first-order valence-corrected chi connectivity index (χ1v) is 10.8. The second-order valence-electron chi connectivity index (χ2n) is 5.74. The van der Waals surface area contributed by atoms with Gasteiger partial charge in [-0.3, -0.25) is 9.36 Å². The molecule has 6 nitrogen and oxygen atoms in total. The van der Waals surface area contributed by atoms with Gasteiger partial charge >= 0.3 is 0 Å². The number of benzene rings is 1. The zero-order valence-electron chi connectivity index (χ0n) is 15.3. The Labute approximate surface area is 171 Å². The van der Waals surface area contributed by atoms with Gasteiger partial charge < -0.3 is 4.90 Å². The molecule has 0 spiro atoms. The maximum atomic E-state index is 12.4. The molecule has 2 heterocycles. The van der Waals surface area contributed by atoms with Crippen LogP contribution in [0.4, 0.5) is 0 Å². The van der Waals surface area contributed by atoms with E-state index in [0.29, 0.717) is 29.6 Å². The third kappa shape index (κ3) is 4.51. The summed E-state index contributed by atoms with van der Waals surface area (Å²) in [7, 11) is 0. The largest absolute Gasteiger partial charge is 0.338 e. The molecule has 0 fully saturated rings. The summed E-state index contributed by atoms with van der Waals surface area (Å²) in [5, 5.41) is 12.6. The molecule has 0 unspecified atom stereocenters. The van der Waals surface area contributed by atoms with E-state index in [1.807, 2.05) is 55.0 Å². The highest BCUT2D eigenvalue weighted by Crippen LogP contribution is 2.27. The van der Waals surface area contributed by atoms with E-state index in [1.54, 1.807) is 4.90 Å². The number of carbonyl (C=O) groups is 1. The molecule has 1 aromatic carbocycles. The molecule has 3 aromatic rings. The third-order valence-electron chi connectivity index (χ3n) is 4.01. The van der Waals surface area contributed by atoms with Crippen molar-refractivity contribution in [3.05, 3.63) is 51.2 Å². The number of thiazole rings is 1. The molecule has 0 aliphatic heterocycles. The molecule has 27 heavy (non-hydrogen) atoms. The number of thioether (sulfide) groups is 1. The molecule has 142 valence electrons. The summed E-state index contributed by atoms with van der Waals surface area (Å²) in [5.41, 5.74) is 1.43. The van der Waals surface area contributed by atoms with Crippen LogP contribution in [0.2, 0.25) is 5.02 Å². The van der Waals surface area contributed by atoms with Crippen molar-refractivity contribution >= 4 is 40.6 Å². The Morgan fingerprint density at radius 3 is 2.78 bits per heavy atom. The maximum Gasteiger partial charge on any atom is 0.273 e. The Morgan fingerprint density at radius 1 is 1.30 bits per heavy atom. The summed E-state index contributed by atoms with van der Waals surface area (Å²) in [6, 6.07) is 7.59. The Kier molecular flexibility index (Phi) is 6.51. The molecule has 0 bridgehead atoms. The van der Waals surface area contributed by atoms with Gasteiger partial charge in [-0.15, -0.1) is 21.5 Å². The van der Waals surface area contributed by atoms with Crippen molar-refractivity contribution < 1.29 is 4.79 Å². The van der Waals surface area contributed by atoms with Crippen LogP contribution in [-0.2, 0) is 5.75 Å². The van der Waals surface area contributed by atoms with E-state index in [9.17, 15) is 4.79 Å². The molecule has 0 radical (unpaired) electrons. The van der Waals surface area contributed by atoms with E-state index in [1.165, 1.54) is 23.1 Å². The van der Waals surface area contributed by atoms with Crippen LogP contribution in [0.25, 0.3) is 5.69 Å². The number of amides is 1. The van der Waals surface area contributed by atoms with Crippen LogP contribution >= 0.6 is 34.7 Å². The van der Waals surface area contributed by atoms with Crippen LogP contribution in [0.1, 0.15) is 35.2 Å². The number of carbonyl (C=O) groups excluding carboxylic acids is 1. The van der Waals surface area contributed by atoms with Crippen LogP contribution < -0.4 is 0 Å². The van der Waals surface area contributed by atoms with Crippen molar-refractivity contribution in [2.24, 2.45) is 0 Å². The number of aromatic nitrogens is 4. The highest BCUT2D eigenvalue weighted by Gasteiger charge is 2.17. The standard InChI is InChI=1S/C18H20ClN5OS2/c1-4-23(5-2)17(25)15-10-26-16(20-15)11-27-18-22-21-12(3)24(18)14-8-6-7-13(19)9-14/h6-10H,4-5,11H2,1-3H3. The number of hydrogen-bond acceptors (Lipinski definition) is 6. The fourth-order valence-corrected chi connectivity index (χ4v) is 4.59. The average Bonchev–Trinajstić information content (AvgIpc) is 3.27. The second-order valence-corrected chi connectivity index (χ2v) is 8.06. The monoisotopic (exact) mass is 421 g/mol. The van der Waals surface area contributed by atoms with Crippen LogP contribution in [0.5, 0.6) is 0 Å². The zero-order valence-corrected chi connectivity index (χ0v) is 17.7. The lowest BCUT2D eigenvalue weighted by Gasteiger charge is -2.16. The molecule has 0 saturated heterocycles. The molecule has 0 aliphatic rings. The summed E-state index contributed by atoms with van der Waals surface area (Å²) in [6.45, 7) is 7.20. The molecular formula is C18H20ClN5OS2. The fourth-order valence-electron chi connectivity index (χ4n) is 2.62. The van der Waals surface area contributed by atoms with Gasteiger partial charge in [0.1, 0.15) is 16.5 Å². The van der Waals surface area contributed by atoms with E-state index in [0.717, 1.165) is 21.7 Å². The zero-order chi connectivity index (χ0) is 19.4. The molecule has 2 aromatic heterocycles. The second kappa shape index (κ2) is 8.86. The van der Waals surface area contributed by atoms with Crippen LogP contribution in [0, 0.1) is 6.92 Å².